The Morgan fingerprint density at radius 2 is 1.75 bits per heavy atom. The molecule has 2 N–H and O–H groups in total. The first-order valence-electron chi connectivity index (χ1n) is 4.95. The monoisotopic (exact) mass is 241 g/mol. The van der Waals surface area contributed by atoms with Crippen LogP contribution in [0.4, 0.5) is 0 Å². The molecule has 1 rings (SSSR count). The fraction of sp³-hybridized carbons (Fsp3) is 0.364. The zero-order valence-corrected chi connectivity index (χ0v) is 10.1. The lowest BCUT2D eigenvalue weighted by Crippen LogP contribution is -2.13. The van der Waals surface area contributed by atoms with Gasteiger partial charge in [-0.05, 0) is 30.2 Å². The molecule has 0 aliphatic carbocycles. The molecule has 16 heavy (non-hydrogen) atoms. The smallest absolute Gasteiger partial charge is 0.248 e. The third-order valence-electron chi connectivity index (χ3n) is 2.05. The number of rotatable bonds is 4. The molecule has 88 valence electrons. The number of primary amides is 1. The van der Waals surface area contributed by atoms with Crippen LogP contribution in [0.15, 0.2) is 29.2 Å². The van der Waals surface area contributed by atoms with Gasteiger partial charge >= 0.3 is 0 Å². The second kappa shape index (κ2) is 4.65. The van der Waals surface area contributed by atoms with Crippen LogP contribution in [0.3, 0.4) is 0 Å². The molecule has 0 atom stereocenters. The van der Waals surface area contributed by atoms with E-state index in [1.807, 2.05) is 13.8 Å². The van der Waals surface area contributed by atoms with Crippen molar-refractivity contribution in [3.63, 3.8) is 0 Å². The summed E-state index contributed by atoms with van der Waals surface area (Å²) in [6.07, 6.45) is 0. The van der Waals surface area contributed by atoms with Crippen LogP contribution >= 0.6 is 0 Å². The van der Waals surface area contributed by atoms with Crippen LogP contribution in [-0.4, -0.2) is 20.1 Å². The summed E-state index contributed by atoms with van der Waals surface area (Å²) in [5.41, 5.74) is 5.37. The highest BCUT2D eigenvalue weighted by Crippen LogP contribution is 2.14. The summed E-state index contributed by atoms with van der Waals surface area (Å²) in [5.74, 6) is -0.392. The van der Waals surface area contributed by atoms with Gasteiger partial charge in [-0.1, -0.05) is 13.8 Å². The number of amides is 1. The summed E-state index contributed by atoms with van der Waals surface area (Å²) in [6.45, 7) is 3.69. The Hall–Kier alpha value is -1.36. The second-order valence-electron chi connectivity index (χ2n) is 4.06. The van der Waals surface area contributed by atoms with Crippen molar-refractivity contribution in [3.8, 4) is 0 Å². The Morgan fingerprint density at radius 3 is 2.12 bits per heavy atom. The predicted octanol–water partition coefficient (Wildman–Crippen LogP) is 1.22. The van der Waals surface area contributed by atoms with Crippen molar-refractivity contribution in [2.75, 3.05) is 5.75 Å². The predicted molar refractivity (Wildman–Crippen MR) is 61.9 cm³/mol. The molecule has 0 radical (unpaired) electrons. The third-order valence-corrected chi connectivity index (χ3v) is 4.15. The Morgan fingerprint density at radius 1 is 1.25 bits per heavy atom. The third kappa shape index (κ3) is 3.06. The number of hydrogen-bond donors (Lipinski definition) is 1. The molecular weight excluding hydrogens is 226 g/mol. The van der Waals surface area contributed by atoms with E-state index in [0.717, 1.165) is 0 Å². The molecule has 0 bridgehead atoms. The van der Waals surface area contributed by atoms with Crippen molar-refractivity contribution < 1.29 is 13.2 Å². The van der Waals surface area contributed by atoms with Gasteiger partial charge in [-0.2, -0.15) is 0 Å². The largest absolute Gasteiger partial charge is 0.366 e. The van der Waals surface area contributed by atoms with Crippen molar-refractivity contribution in [3.05, 3.63) is 29.8 Å². The van der Waals surface area contributed by atoms with E-state index >= 15 is 0 Å². The van der Waals surface area contributed by atoms with Crippen LogP contribution in [0.5, 0.6) is 0 Å². The minimum Gasteiger partial charge on any atom is -0.366 e. The molecule has 0 aliphatic heterocycles. The van der Waals surface area contributed by atoms with Crippen molar-refractivity contribution in [2.45, 2.75) is 18.7 Å². The lowest BCUT2D eigenvalue weighted by atomic mass is 10.2. The van der Waals surface area contributed by atoms with E-state index in [1.165, 1.54) is 24.3 Å². The van der Waals surface area contributed by atoms with Gasteiger partial charge in [0.05, 0.1) is 10.6 Å². The molecule has 0 saturated carbocycles. The zero-order chi connectivity index (χ0) is 12.3. The fourth-order valence-electron chi connectivity index (χ4n) is 1.36. The van der Waals surface area contributed by atoms with Gasteiger partial charge < -0.3 is 5.73 Å². The second-order valence-corrected chi connectivity index (χ2v) is 6.10. The van der Waals surface area contributed by atoms with Crippen LogP contribution in [0.25, 0.3) is 0 Å². The molecule has 0 unspecified atom stereocenters. The molecule has 5 heteroatoms. The molecule has 1 aromatic rings. The van der Waals surface area contributed by atoms with E-state index in [4.69, 9.17) is 5.73 Å². The standard InChI is InChI=1S/C11H15NO3S/c1-8(2)7-16(14,15)10-5-3-9(4-6-10)11(12)13/h3-6,8H,7H2,1-2H3,(H2,12,13). The molecule has 0 fully saturated rings. The van der Waals surface area contributed by atoms with Crippen molar-refractivity contribution in [1.29, 1.82) is 0 Å². The van der Waals surface area contributed by atoms with Crippen molar-refractivity contribution >= 4 is 15.7 Å². The average molecular weight is 241 g/mol. The SMILES string of the molecule is CC(C)CS(=O)(=O)c1ccc(C(N)=O)cc1. The molecule has 0 saturated heterocycles. The van der Waals surface area contributed by atoms with E-state index in [0.29, 0.717) is 5.56 Å². The van der Waals surface area contributed by atoms with Gasteiger partial charge in [0.2, 0.25) is 5.91 Å². The summed E-state index contributed by atoms with van der Waals surface area (Å²) < 4.78 is 23.6. The van der Waals surface area contributed by atoms with E-state index in [1.54, 1.807) is 0 Å². The molecule has 0 heterocycles. The molecule has 0 aliphatic rings. The summed E-state index contributed by atoms with van der Waals surface area (Å²) in [6, 6.07) is 5.68. The summed E-state index contributed by atoms with van der Waals surface area (Å²) in [4.78, 5) is 11.0. The number of benzene rings is 1. The fourth-order valence-corrected chi connectivity index (χ4v) is 2.98. The highest BCUT2D eigenvalue weighted by atomic mass is 32.2. The first kappa shape index (κ1) is 12.7. The van der Waals surface area contributed by atoms with Gasteiger partial charge in [0, 0.05) is 5.56 Å². The molecule has 1 aromatic carbocycles. The minimum absolute atomic E-state index is 0.0702. The minimum atomic E-state index is -3.25. The van der Waals surface area contributed by atoms with Gasteiger partial charge in [-0.3, -0.25) is 4.79 Å². The van der Waals surface area contributed by atoms with Gasteiger partial charge in [0.15, 0.2) is 9.84 Å². The van der Waals surface area contributed by atoms with Crippen LogP contribution in [0.1, 0.15) is 24.2 Å². The average Bonchev–Trinajstić information content (AvgIpc) is 2.16. The summed E-state index contributed by atoms with van der Waals surface area (Å²) >= 11 is 0. The summed E-state index contributed by atoms with van der Waals surface area (Å²) in [5, 5.41) is 0. The Bertz CT molecular complexity index is 474. The van der Waals surface area contributed by atoms with Crippen LogP contribution < -0.4 is 5.73 Å². The zero-order valence-electron chi connectivity index (χ0n) is 9.30. The quantitative estimate of drug-likeness (QED) is 0.860. The molecule has 4 nitrogen and oxygen atoms in total. The molecule has 0 spiro atoms. The topological polar surface area (TPSA) is 77.2 Å². The van der Waals surface area contributed by atoms with Gasteiger partial charge in [-0.15, -0.1) is 0 Å². The number of carbonyl (C=O) groups excluding carboxylic acids is 1. The molecule has 0 aromatic heterocycles. The number of carbonyl (C=O) groups is 1. The molecular formula is C11H15NO3S. The maximum atomic E-state index is 11.8. The Balaban J connectivity index is 3.02. The van der Waals surface area contributed by atoms with E-state index < -0.39 is 15.7 Å². The number of nitrogens with two attached hydrogens (primary N) is 1. The van der Waals surface area contributed by atoms with Gasteiger partial charge in [0.25, 0.3) is 0 Å². The normalized spacial score (nSPS) is 11.7. The van der Waals surface area contributed by atoms with E-state index in [2.05, 4.69) is 0 Å². The lowest BCUT2D eigenvalue weighted by molar-refractivity contribution is 0.1000. The Labute approximate surface area is 95.4 Å². The maximum Gasteiger partial charge on any atom is 0.248 e. The lowest BCUT2D eigenvalue weighted by Gasteiger charge is -2.07. The van der Waals surface area contributed by atoms with Crippen molar-refractivity contribution in [1.82, 2.24) is 0 Å². The summed E-state index contributed by atoms with van der Waals surface area (Å²) in [7, 11) is -3.25. The first-order valence-corrected chi connectivity index (χ1v) is 6.61. The highest BCUT2D eigenvalue weighted by molar-refractivity contribution is 7.91. The number of hydrogen-bond acceptors (Lipinski definition) is 3. The Kier molecular flexibility index (Phi) is 3.70. The van der Waals surface area contributed by atoms with Crippen LogP contribution in [0, 0.1) is 5.92 Å². The first-order chi connectivity index (χ1) is 7.33. The van der Waals surface area contributed by atoms with Crippen LogP contribution in [-0.2, 0) is 9.84 Å². The van der Waals surface area contributed by atoms with Crippen LogP contribution in [0.2, 0.25) is 0 Å². The number of sulfone groups is 1. The van der Waals surface area contributed by atoms with Gasteiger partial charge in [-0.25, -0.2) is 8.42 Å². The van der Waals surface area contributed by atoms with Gasteiger partial charge in [0.1, 0.15) is 0 Å². The van der Waals surface area contributed by atoms with E-state index in [9.17, 15) is 13.2 Å². The highest BCUT2D eigenvalue weighted by Gasteiger charge is 2.16. The molecule has 1 amide bonds. The van der Waals surface area contributed by atoms with Crippen molar-refractivity contribution in [2.24, 2.45) is 11.7 Å². The van der Waals surface area contributed by atoms with E-state index in [-0.39, 0.29) is 16.6 Å². The maximum absolute atomic E-state index is 11.8.